The summed E-state index contributed by atoms with van der Waals surface area (Å²) in [7, 11) is 0. The molecule has 5 heteroatoms. The van der Waals surface area contributed by atoms with E-state index >= 15 is 0 Å². The number of hydrogen-bond acceptors (Lipinski definition) is 3. The predicted molar refractivity (Wildman–Crippen MR) is 56.1 cm³/mol. The minimum atomic E-state index is -0.882. The minimum absolute atomic E-state index is 0.000182. The fourth-order valence-electron chi connectivity index (χ4n) is 1.39. The van der Waals surface area contributed by atoms with E-state index in [1.807, 2.05) is 0 Å². The van der Waals surface area contributed by atoms with Crippen molar-refractivity contribution < 1.29 is 19.0 Å². The van der Waals surface area contributed by atoms with Gasteiger partial charge in [0.1, 0.15) is 11.9 Å². The summed E-state index contributed by atoms with van der Waals surface area (Å²) in [5.74, 6) is -0.358. The molecule has 0 aliphatic heterocycles. The largest absolute Gasteiger partial charge is 0.442 e. The molecule has 4 nitrogen and oxygen atoms in total. The smallest absolute Gasteiger partial charge is 0.405 e. The Hall–Kier alpha value is -1.62. The Kier molecular flexibility index (Phi) is 4.72. The molecule has 1 atom stereocenters. The molecule has 0 aromatic heterocycles. The van der Waals surface area contributed by atoms with E-state index in [1.54, 1.807) is 0 Å². The van der Waals surface area contributed by atoms with E-state index in [0.717, 1.165) is 0 Å². The lowest BCUT2D eigenvalue weighted by molar-refractivity contribution is 0.0955. The number of benzene rings is 1. The highest BCUT2D eigenvalue weighted by Gasteiger charge is 2.14. The Morgan fingerprint density at radius 1 is 1.44 bits per heavy atom. The Morgan fingerprint density at radius 3 is 2.56 bits per heavy atom. The number of ether oxygens (including phenoxy) is 1. The van der Waals surface area contributed by atoms with Gasteiger partial charge in [-0.05, 0) is 30.5 Å². The molecule has 1 aromatic carbocycles. The summed E-state index contributed by atoms with van der Waals surface area (Å²) >= 11 is 0. The third-order valence-electron chi connectivity index (χ3n) is 2.12. The van der Waals surface area contributed by atoms with Gasteiger partial charge in [0.15, 0.2) is 0 Å². The van der Waals surface area contributed by atoms with Gasteiger partial charge >= 0.3 is 6.09 Å². The van der Waals surface area contributed by atoms with E-state index in [-0.39, 0.29) is 12.4 Å². The Labute approximate surface area is 92.8 Å². The zero-order valence-corrected chi connectivity index (χ0v) is 8.73. The van der Waals surface area contributed by atoms with Crippen molar-refractivity contribution in [2.45, 2.75) is 18.9 Å². The Balaban J connectivity index is 2.74. The van der Waals surface area contributed by atoms with Gasteiger partial charge in [-0.3, -0.25) is 0 Å². The number of hydrogen-bond donors (Lipinski definition) is 2. The summed E-state index contributed by atoms with van der Waals surface area (Å²) in [6, 6.07) is 5.62. The van der Waals surface area contributed by atoms with Gasteiger partial charge in [0.05, 0.1) is 0 Å². The van der Waals surface area contributed by atoms with Crippen molar-refractivity contribution in [1.82, 2.24) is 0 Å². The van der Waals surface area contributed by atoms with Crippen LogP contribution in [0.1, 0.15) is 24.5 Å². The van der Waals surface area contributed by atoms with Crippen LogP contribution in [0.2, 0.25) is 0 Å². The van der Waals surface area contributed by atoms with Crippen LogP contribution in [-0.2, 0) is 4.74 Å². The number of carbonyl (C=O) groups excluding carboxylic acids is 1. The van der Waals surface area contributed by atoms with Gasteiger partial charge in [0, 0.05) is 6.61 Å². The van der Waals surface area contributed by atoms with Gasteiger partial charge in [-0.25, -0.2) is 9.18 Å². The minimum Gasteiger partial charge on any atom is -0.442 e. The molecule has 0 saturated carbocycles. The average molecular weight is 227 g/mol. The van der Waals surface area contributed by atoms with Crippen LogP contribution < -0.4 is 5.73 Å². The molecule has 0 spiro atoms. The molecule has 0 saturated heterocycles. The SMILES string of the molecule is NC(=O)O[C@@H](CCCO)c1ccc(F)cc1. The maximum Gasteiger partial charge on any atom is 0.405 e. The van der Waals surface area contributed by atoms with Crippen LogP contribution in [0.25, 0.3) is 0 Å². The van der Waals surface area contributed by atoms with Gasteiger partial charge in [-0.1, -0.05) is 12.1 Å². The van der Waals surface area contributed by atoms with Crippen LogP contribution in [0.3, 0.4) is 0 Å². The van der Waals surface area contributed by atoms with E-state index in [2.05, 4.69) is 0 Å². The summed E-state index contributed by atoms with van der Waals surface area (Å²) in [5, 5.41) is 8.71. The number of primary amides is 1. The second-order valence-corrected chi connectivity index (χ2v) is 3.34. The lowest BCUT2D eigenvalue weighted by Gasteiger charge is -2.16. The normalized spacial score (nSPS) is 12.1. The number of aliphatic hydroxyl groups is 1. The van der Waals surface area contributed by atoms with Gasteiger partial charge in [-0.15, -0.1) is 0 Å². The van der Waals surface area contributed by atoms with E-state index in [9.17, 15) is 9.18 Å². The first kappa shape index (κ1) is 12.4. The molecule has 0 unspecified atom stereocenters. The Bertz CT molecular complexity index is 340. The van der Waals surface area contributed by atoms with Crippen LogP contribution in [0.4, 0.5) is 9.18 Å². The molecule has 0 aliphatic carbocycles. The van der Waals surface area contributed by atoms with Crippen molar-refractivity contribution in [1.29, 1.82) is 0 Å². The van der Waals surface area contributed by atoms with E-state index < -0.39 is 12.2 Å². The Morgan fingerprint density at radius 2 is 2.06 bits per heavy atom. The van der Waals surface area contributed by atoms with Crippen LogP contribution in [0.15, 0.2) is 24.3 Å². The van der Waals surface area contributed by atoms with E-state index in [0.29, 0.717) is 18.4 Å². The average Bonchev–Trinajstić information content (AvgIpc) is 2.25. The molecule has 0 aliphatic rings. The summed E-state index contributed by atoms with van der Waals surface area (Å²) in [6.07, 6.45) is -0.488. The fraction of sp³-hybridized carbons (Fsp3) is 0.364. The zero-order chi connectivity index (χ0) is 12.0. The van der Waals surface area contributed by atoms with Crippen LogP contribution >= 0.6 is 0 Å². The monoisotopic (exact) mass is 227 g/mol. The van der Waals surface area contributed by atoms with E-state index in [4.69, 9.17) is 15.6 Å². The van der Waals surface area contributed by atoms with Crippen molar-refractivity contribution in [3.63, 3.8) is 0 Å². The number of amides is 1. The first-order valence-corrected chi connectivity index (χ1v) is 4.96. The standard InChI is InChI=1S/C11H14FNO3/c12-9-5-3-8(4-6-9)10(2-1-7-14)16-11(13)15/h3-6,10,14H,1-2,7H2,(H2,13,15)/t10-/m0/s1. The molecule has 1 amide bonds. The van der Waals surface area contributed by atoms with Gasteiger partial charge in [0.2, 0.25) is 0 Å². The van der Waals surface area contributed by atoms with Crippen LogP contribution in [0, 0.1) is 5.82 Å². The van der Waals surface area contributed by atoms with E-state index in [1.165, 1.54) is 24.3 Å². The van der Waals surface area contributed by atoms with Crippen LogP contribution in [-0.4, -0.2) is 17.8 Å². The van der Waals surface area contributed by atoms with Gasteiger partial charge in [-0.2, -0.15) is 0 Å². The summed E-state index contributed by atoms with van der Waals surface area (Å²) in [5.41, 5.74) is 5.60. The number of carbonyl (C=O) groups is 1. The third kappa shape index (κ3) is 3.86. The summed E-state index contributed by atoms with van der Waals surface area (Å²) < 4.78 is 17.6. The highest BCUT2D eigenvalue weighted by molar-refractivity contribution is 5.65. The quantitative estimate of drug-likeness (QED) is 0.804. The van der Waals surface area contributed by atoms with Crippen molar-refractivity contribution in [3.05, 3.63) is 35.6 Å². The van der Waals surface area contributed by atoms with Crippen molar-refractivity contribution in [2.24, 2.45) is 5.73 Å². The van der Waals surface area contributed by atoms with Crippen molar-refractivity contribution in [2.75, 3.05) is 6.61 Å². The number of rotatable bonds is 5. The maximum absolute atomic E-state index is 12.7. The molecule has 1 aromatic rings. The third-order valence-corrected chi connectivity index (χ3v) is 2.12. The maximum atomic E-state index is 12.7. The fourth-order valence-corrected chi connectivity index (χ4v) is 1.39. The second-order valence-electron chi connectivity index (χ2n) is 3.34. The molecule has 3 N–H and O–H groups in total. The molecule has 0 bridgehead atoms. The zero-order valence-electron chi connectivity index (χ0n) is 8.73. The van der Waals surface area contributed by atoms with Crippen molar-refractivity contribution >= 4 is 6.09 Å². The van der Waals surface area contributed by atoms with Gasteiger partial charge < -0.3 is 15.6 Å². The molecule has 0 heterocycles. The van der Waals surface area contributed by atoms with Crippen LogP contribution in [0.5, 0.6) is 0 Å². The molecular formula is C11H14FNO3. The first-order valence-electron chi connectivity index (χ1n) is 4.96. The molecule has 88 valence electrons. The summed E-state index contributed by atoms with van der Waals surface area (Å²) in [6.45, 7) is -0.000182. The number of halogens is 1. The van der Waals surface area contributed by atoms with Gasteiger partial charge in [0.25, 0.3) is 0 Å². The predicted octanol–water partition coefficient (Wildman–Crippen LogP) is 1.73. The topological polar surface area (TPSA) is 72.6 Å². The lowest BCUT2D eigenvalue weighted by Crippen LogP contribution is -2.17. The number of aliphatic hydroxyl groups excluding tert-OH is 1. The highest BCUT2D eigenvalue weighted by Crippen LogP contribution is 2.22. The molecule has 0 fully saturated rings. The molecule has 1 rings (SSSR count). The molecular weight excluding hydrogens is 213 g/mol. The first-order chi connectivity index (χ1) is 7.63. The highest BCUT2D eigenvalue weighted by atomic mass is 19.1. The summed E-state index contributed by atoms with van der Waals surface area (Å²) in [4.78, 5) is 10.7. The second kappa shape index (κ2) is 6.07. The number of nitrogens with two attached hydrogens (primary N) is 1. The van der Waals surface area contributed by atoms with Crippen molar-refractivity contribution in [3.8, 4) is 0 Å². The molecule has 0 radical (unpaired) electrons. The molecule has 16 heavy (non-hydrogen) atoms. The lowest BCUT2D eigenvalue weighted by atomic mass is 10.1.